The molecule has 0 atom stereocenters. The van der Waals surface area contributed by atoms with E-state index in [2.05, 4.69) is 0 Å². The van der Waals surface area contributed by atoms with Gasteiger partial charge in [-0.2, -0.15) is 30.0 Å². The highest BCUT2D eigenvalue weighted by molar-refractivity contribution is 7.86. The average molecular weight is 840 g/mol. The Morgan fingerprint density at radius 3 is 1.52 bits per heavy atom. The van der Waals surface area contributed by atoms with Gasteiger partial charge in [0.15, 0.2) is 7.05 Å². The Morgan fingerprint density at radius 2 is 1.12 bits per heavy atom. The van der Waals surface area contributed by atoms with Gasteiger partial charge < -0.3 is 14.4 Å². The molecule has 2 heterocycles. The van der Waals surface area contributed by atoms with E-state index in [0.717, 1.165) is 40.9 Å². The van der Waals surface area contributed by atoms with E-state index in [-0.39, 0.29) is 31.4 Å². The number of para-hydroxylation sites is 2. The maximum Gasteiger partial charge on any atom is 0.560 e. The van der Waals surface area contributed by atoms with Crippen molar-refractivity contribution in [2.24, 2.45) is 0 Å². The number of rotatable bonds is 13. The van der Waals surface area contributed by atoms with Gasteiger partial charge in [0.1, 0.15) is 0 Å². The largest absolute Gasteiger partial charge is 0.748 e. The van der Waals surface area contributed by atoms with Crippen molar-refractivity contribution in [3.05, 3.63) is 107 Å². The summed E-state index contributed by atoms with van der Waals surface area (Å²) in [5.41, 5.74) is -0.811. The van der Waals surface area contributed by atoms with Crippen LogP contribution < -0.4 is 9.80 Å². The van der Waals surface area contributed by atoms with Crippen molar-refractivity contribution in [1.82, 2.24) is 0 Å². The normalized spacial score (nSPS) is 22.1. The van der Waals surface area contributed by atoms with Crippen LogP contribution in [0.2, 0.25) is 0 Å². The van der Waals surface area contributed by atoms with Gasteiger partial charge >= 0.3 is 15.5 Å². The summed E-state index contributed by atoms with van der Waals surface area (Å²) in [5, 5.41) is 0. The fourth-order valence-electron chi connectivity index (χ4n) is 7.94. The first-order chi connectivity index (χ1) is 25.9. The fraction of sp³-hybridized carbons (Fsp3) is 0.462. The Morgan fingerprint density at radius 1 is 0.714 bits per heavy atom. The van der Waals surface area contributed by atoms with E-state index in [1.165, 1.54) is 0 Å². The van der Waals surface area contributed by atoms with Crippen LogP contribution in [-0.4, -0.2) is 81.2 Å². The topological polar surface area (TPSA) is 155 Å². The number of alkyl halides is 3. The Labute approximate surface area is 328 Å². The van der Waals surface area contributed by atoms with E-state index in [1.807, 2.05) is 86.0 Å². The molecule has 1 saturated carbocycles. The molecule has 3 aliphatic rings. The number of anilines is 2. The predicted octanol–water partition coefficient (Wildman–Crippen LogP) is 6.92. The van der Waals surface area contributed by atoms with Gasteiger partial charge in [-0.05, 0) is 73.9 Å². The van der Waals surface area contributed by atoms with Crippen LogP contribution in [-0.2, 0) is 41.1 Å². The van der Waals surface area contributed by atoms with Gasteiger partial charge in [-0.15, -0.1) is 3.98 Å². The van der Waals surface area contributed by atoms with Gasteiger partial charge in [0.05, 0.1) is 15.9 Å². The summed E-state index contributed by atoms with van der Waals surface area (Å²) in [7, 11) is -13.4. The minimum Gasteiger partial charge on any atom is -0.748 e. The van der Waals surface area contributed by atoms with Crippen molar-refractivity contribution in [2.75, 3.05) is 41.4 Å². The number of nitrogens with zero attached hydrogens (tertiary/aromatic N) is 3. The van der Waals surface area contributed by atoms with E-state index in [0.29, 0.717) is 41.1 Å². The molecule has 17 heteroatoms. The molecular formula is C39H48F3N3O8S3. The molecule has 306 valence electrons. The Hall–Kier alpha value is -3.77. The smallest absolute Gasteiger partial charge is 0.560 e. The summed E-state index contributed by atoms with van der Waals surface area (Å²) in [4.78, 5) is 4.02. The Balaban J connectivity index is 1.59. The number of fused-ring (bicyclic) bond motifs is 2. The fourth-order valence-corrected chi connectivity index (χ4v) is 9.85. The molecule has 0 radical (unpaired) electrons. The number of benzene rings is 2. The first-order valence-electron chi connectivity index (χ1n) is 18.3. The highest BCUT2D eigenvalue weighted by Crippen LogP contribution is 2.49. The third kappa shape index (κ3) is 9.01. The number of sulfonamides is 1. The number of halogens is 3. The molecule has 0 amide bonds. The van der Waals surface area contributed by atoms with Gasteiger partial charge in [-0.25, -0.2) is 8.42 Å². The molecule has 11 nitrogen and oxygen atoms in total. The minimum absolute atomic E-state index is 0.0930. The lowest BCUT2D eigenvalue weighted by molar-refractivity contribution is -0.340. The van der Waals surface area contributed by atoms with E-state index >= 15 is 0 Å². The zero-order valence-electron chi connectivity index (χ0n) is 32.0. The van der Waals surface area contributed by atoms with Crippen LogP contribution in [0.1, 0.15) is 77.3 Å². The molecule has 0 bridgehead atoms. The molecule has 1 N–H and O–H groups in total. The van der Waals surface area contributed by atoms with Crippen molar-refractivity contribution in [3.63, 3.8) is 0 Å². The molecule has 0 aromatic heterocycles. The first-order valence-corrected chi connectivity index (χ1v) is 22.9. The SMILES string of the molecule is C/[N+](=C1C(=C/C=C2/N(CCCCS(=O)(=O)O)c3ccccc3C2(C)C)CCC/1=C\C=C1\N(CCCCS(=O)(=O)[O-])c2ccccc2C1(C)C)S(=O)(=O)C(F)(F)F. The van der Waals surface area contributed by atoms with E-state index < -0.39 is 58.1 Å². The molecule has 56 heavy (non-hydrogen) atoms. The Kier molecular flexibility index (Phi) is 12.3. The monoisotopic (exact) mass is 839 g/mol. The Bertz CT molecular complexity index is 2220. The summed E-state index contributed by atoms with van der Waals surface area (Å²) >= 11 is 0. The van der Waals surface area contributed by atoms with Crippen LogP contribution in [0.25, 0.3) is 0 Å². The molecule has 0 unspecified atom stereocenters. The number of unbranched alkanes of at least 4 members (excludes halogenated alkanes) is 2. The third-order valence-electron chi connectivity index (χ3n) is 10.8. The average Bonchev–Trinajstić information content (AvgIpc) is 3.66. The second-order valence-corrected chi connectivity index (χ2v) is 20.4. The van der Waals surface area contributed by atoms with E-state index in [9.17, 15) is 47.5 Å². The van der Waals surface area contributed by atoms with Gasteiger partial charge in [0.25, 0.3) is 10.1 Å². The zero-order chi connectivity index (χ0) is 41.5. The van der Waals surface area contributed by atoms with Gasteiger partial charge in [-0.1, -0.05) is 76.2 Å². The maximum atomic E-state index is 14.1. The van der Waals surface area contributed by atoms with Crippen LogP contribution in [0.4, 0.5) is 24.5 Å². The molecule has 0 saturated heterocycles. The predicted molar refractivity (Wildman–Crippen MR) is 211 cm³/mol. The highest BCUT2D eigenvalue weighted by atomic mass is 32.2. The molecule has 2 aromatic carbocycles. The van der Waals surface area contributed by atoms with Crippen molar-refractivity contribution in [3.8, 4) is 0 Å². The molecule has 2 aromatic rings. The minimum atomic E-state index is -5.80. The van der Waals surface area contributed by atoms with Crippen LogP contribution in [0.5, 0.6) is 0 Å². The lowest BCUT2D eigenvalue weighted by Gasteiger charge is -2.27. The molecule has 0 spiro atoms. The van der Waals surface area contributed by atoms with Gasteiger partial charge in [0.2, 0.25) is 5.71 Å². The number of hydrogen-bond acceptors (Lipinski definition) is 9. The van der Waals surface area contributed by atoms with Gasteiger partial charge in [-0.3, -0.25) is 4.55 Å². The number of allylic oxidation sites excluding steroid dienone is 8. The van der Waals surface area contributed by atoms with Crippen molar-refractivity contribution in [2.45, 2.75) is 82.6 Å². The molecular weight excluding hydrogens is 792 g/mol. The van der Waals surface area contributed by atoms with E-state index in [1.54, 1.807) is 24.3 Å². The third-order valence-corrected chi connectivity index (χ3v) is 13.9. The van der Waals surface area contributed by atoms with Crippen molar-refractivity contribution in [1.29, 1.82) is 0 Å². The zero-order valence-corrected chi connectivity index (χ0v) is 34.5. The summed E-state index contributed by atoms with van der Waals surface area (Å²) in [6, 6.07) is 15.3. The van der Waals surface area contributed by atoms with Gasteiger partial charge in [0, 0.05) is 63.6 Å². The van der Waals surface area contributed by atoms with Crippen LogP contribution in [0.3, 0.4) is 0 Å². The lowest BCUT2D eigenvalue weighted by atomic mass is 9.83. The quantitative estimate of drug-likeness (QED) is 0.128. The standard InChI is InChI=1S/C39H48F3N3O8S3/c1-37(2)30-14-6-8-16-32(30)44(24-10-12-26-54(46,47)48)34(37)22-20-28-18-19-29(36(28)43(5)56(52,53)39(40,41)42)21-23-35-38(3,4)31-15-7-9-17-33(31)45(35)25-11-13-27-55(49,50)51/h6-9,14-17,20-23H,10-13,18-19,24-27H2,1-5H3,(H-,46,47,48,49,50,51). The van der Waals surface area contributed by atoms with E-state index in [4.69, 9.17) is 0 Å². The molecule has 1 fully saturated rings. The molecule has 5 rings (SSSR count). The number of hydrogen-bond donors (Lipinski definition) is 1. The maximum absolute atomic E-state index is 14.1. The molecule has 1 aliphatic carbocycles. The van der Waals surface area contributed by atoms with Crippen molar-refractivity contribution >= 4 is 47.3 Å². The van der Waals surface area contributed by atoms with Crippen molar-refractivity contribution < 1.29 is 51.5 Å². The molecule has 2 aliphatic heterocycles. The second-order valence-electron chi connectivity index (χ2n) is 15.3. The lowest BCUT2D eigenvalue weighted by Crippen LogP contribution is -2.35. The second kappa shape index (κ2) is 15.9. The highest BCUT2D eigenvalue weighted by Gasteiger charge is 2.55. The summed E-state index contributed by atoms with van der Waals surface area (Å²) in [6.45, 7) is 8.74. The van der Waals surface area contributed by atoms with Crippen LogP contribution in [0, 0.1) is 0 Å². The summed E-state index contributed by atoms with van der Waals surface area (Å²) < 4.78 is 134. The first kappa shape index (κ1) is 43.4. The summed E-state index contributed by atoms with van der Waals surface area (Å²) in [5.74, 6) is -0.904. The summed E-state index contributed by atoms with van der Waals surface area (Å²) in [6.07, 6.45) is 8.50. The van der Waals surface area contributed by atoms with Crippen LogP contribution >= 0.6 is 0 Å². The van der Waals surface area contributed by atoms with Crippen LogP contribution in [0.15, 0.2) is 95.4 Å².